The first-order chi connectivity index (χ1) is 20.8. The van der Waals surface area contributed by atoms with Crippen molar-refractivity contribution in [2.45, 2.75) is 39.2 Å². The highest BCUT2D eigenvalue weighted by Gasteiger charge is 2.20. The first-order valence-corrected chi connectivity index (χ1v) is 14.0. The van der Waals surface area contributed by atoms with Crippen molar-refractivity contribution in [3.63, 3.8) is 0 Å². The number of carbonyl (C=O) groups is 1. The number of pyridine rings is 1. The molecule has 0 aliphatic rings. The lowest BCUT2D eigenvalue weighted by atomic mass is 9.86. The number of aromatic nitrogens is 4. The summed E-state index contributed by atoms with van der Waals surface area (Å²) < 4.78 is 8.93. The van der Waals surface area contributed by atoms with Gasteiger partial charge >= 0.3 is 0 Å². The number of rotatable bonds is 9. The van der Waals surface area contributed by atoms with Crippen molar-refractivity contribution in [2.24, 2.45) is 0 Å². The van der Waals surface area contributed by atoms with Crippen LogP contribution in [0.2, 0.25) is 0 Å². The van der Waals surface area contributed by atoms with Gasteiger partial charge in [0, 0.05) is 49.5 Å². The zero-order valence-electron chi connectivity index (χ0n) is 24.7. The van der Waals surface area contributed by atoms with Gasteiger partial charge in [-0.15, -0.1) is 0 Å². The Morgan fingerprint density at radius 3 is 2.74 bits per heavy atom. The molecule has 9 heteroatoms. The zero-order chi connectivity index (χ0) is 30.4. The Bertz CT molecular complexity index is 1880. The van der Waals surface area contributed by atoms with Gasteiger partial charge in [0.1, 0.15) is 5.69 Å². The van der Waals surface area contributed by atoms with Crippen molar-refractivity contribution < 1.29 is 9.53 Å². The number of nitriles is 1. The van der Waals surface area contributed by atoms with E-state index in [1.807, 2.05) is 84.7 Å². The number of carbonyl (C=O) groups excluding carboxylic acids is 1. The molecule has 0 fully saturated rings. The van der Waals surface area contributed by atoms with Gasteiger partial charge in [-0.05, 0) is 80.6 Å². The molecule has 1 amide bonds. The standard InChI is InChI=1S/C34H33N7O2/c1-24-11-12-26(33(42)39-28-9-5-8-27(19-28)34(2,3)23-35)18-25(24)13-14-30-21-36-32-31(10-6-16-41(30)32)38-29-20-37-40(22-29)15-7-17-43-4/h5-6,8-12,16,18-22,38H,7,15,17H2,1-4H3,(H,39,42). The molecule has 9 nitrogen and oxygen atoms in total. The minimum atomic E-state index is -0.657. The van der Waals surface area contributed by atoms with Crippen LogP contribution in [0.15, 0.2) is 79.4 Å². The molecule has 3 aromatic heterocycles. The number of amides is 1. The second-order valence-corrected chi connectivity index (χ2v) is 10.8. The van der Waals surface area contributed by atoms with Gasteiger partial charge < -0.3 is 15.4 Å². The first kappa shape index (κ1) is 29.1. The first-order valence-electron chi connectivity index (χ1n) is 14.0. The molecule has 5 rings (SSSR count). The summed E-state index contributed by atoms with van der Waals surface area (Å²) in [7, 11) is 1.69. The topological polar surface area (TPSA) is 109 Å². The molecule has 0 atom stereocenters. The number of imidazole rings is 1. The summed E-state index contributed by atoms with van der Waals surface area (Å²) in [6.45, 7) is 7.13. The maximum atomic E-state index is 13.1. The van der Waals surface area contributed by atoms with Crippen LogP contribution < -0.4 is 10.6 Å². The maximum Gasteiger partial charge on any atom is 0.255 e. The van der Waals surface area contributed by atoms with Crippen molar-refractivity contribution in [1.29, 1.82) is 5.26 Å². The number of benzene rings is 2. The summed E-state index contributed by atoms with van der Waals surface area (Å²) in [4.78, 5) is 17.7. The molecule has 2 aromatic carbocycles. The number of anilines is 3. The fourth-order valence-electron chi connectivity index (χ4n) is 4.56. The molecule has 3 heterocycles. The number of aryl methyl sites for hydroxylation is 2. The molecular weight excluding hydrogens is 538 g/mol. The lowest BCUT2D eigenvalue weighted by Crippen LogP contribution is -2.16. The number of nitrogens with one attached hydrogen (secondary N) is 2. The van der Waals surface area contributed by atoms with E-state index in [4.69, 9.17) is 4.74 Å². The van der Waals surface area contributed by atoms with Gasteiger partial charge in [0.05, 0.1) is 35.3 Å². The largest absolute Gasteiger partial charge is 0.385 e. The highest BCUT2D eigenvalue weighted by molar-refractivity contribution is 6.04. The lowest BCUT2D eigenvalue weighted by Gasteiger charge is -2.17. The number of nitrogens with zero attached hydrogens (tertiary/aromatic N) is 5. The van der Waals surface area contributed by atoms with Crippen LogP contribution in [0.1, 0.15) is 53.0 Å². The van der Waals surface area contributed by atoms with Crippen molar-refractivity contribution in [3.8, 4) is 17.9 Å². The van der Waals surface area contributed by atoms with Gasteiger partial charge in [0.25, 0.3) is 5.91 Å². The van der Waals surface area contributed by atoms with E-state index in [1.165, 1.54) is 0 Å². The number of hydrogen-bond donors (Lipinski definition) is 2. The average molecular weight is 572 g/mol. The molecule has 0 unspecified atom stereocenters. The van der Waals surface area contributed by atoms with Crippen molar-refractivity contribution >= 4 is 28.6 Å². The van der Waals surface area contributed by atoms with Gasteiger partial charge in [-0.3, -0.25) is 13.9 Å². The van der Waals surface area contributed by atoms with E-state index >= 15 is 0 Å². The SMILES string of the molecule is COCCCn1cc(Nc2cccn3c(C#Cc4cc(C(=O)Nc5cccc(C(C)(C)C#N)c5)ccc4C)cnc23)cn1. The van der Waals surface area contributed by atoms with Crippen molar-refractivity contribution in [3.05, 3.63) is 107 Å². The fraction of sp³-hybridized carbons (Fsp3) is 0.235. The molecule has 2 N–H and O–H groups in total. The average Bonchev–Trinajstić information content (AvgIpc) is 3.64. The van der Waals surface area contributed by atoms with E-state index in [1.54, 1.807) is 31.6 Å². The monoisotopic (exact) mass is 571 g/mol. The third-order valence-corrected chi connectivity index (χ3v) is 7.13. The van der Waals surface area contributed by atoms with Gasteiger partial charge in [-0.25, -0.2) is 4.98 Å². The maximum absolute atomic E-state index is 13.1. The third-order valence-electron chi connectivity index (χ3n) is 7.13. The van der Waals surface area contributed by atoms with Crippen LogP contribution in [0.5, 0.6) is 0 Å². The molecular formula is C34H33N7O2. The van der Waals surface area contributed by atoms with Crippen LogP contribution in [0, 0.1) is 30.1 Å². The summed E-state index contributed by atoms with van der Waals surface area (Å²) >= 11 is 0. The van der Waals surface area contributed by atoms with E-state index in [0.29, 0.717) is 17.9 Å². The fourth-order valence-corrected chi connectivity index (χ4v) is 4.56. The second kappa shape index (κ2) is 12.6. The lowest BCUT2D eigenvalue weighted by molar-refractivity contribution is 0.102. The molecule has 43 heavy (non-hydrogen) atoms. The Kier molecular flexibility index (Phi) is 8.56. The molecule has 0 saturated carbocycles. The minimum Gasteiger partial charge on any atom is -0.385 e. The van der Waals surface area contributed by atoms with E-state index < -0.39 is 5.41 Å². The Hall–Kier alpha value is -5.38. The second-order valence-electron chi connectivity index (χ2n) is 10.8. The van der Waals surface area contributed by atoms with Crippen LogP contribution in [0.3, 0.4) is 0 Å². The van der Waals surface area contributed by atoms with Crippen LogP contribution in [-0.2, 0) is 16.7 Å². The summed E-state index contributed by atoms with van der Waals surface area (Å²) in [6.07, 6.45) is 8.29. The molecule has 0 spiro atoms. The van der Waals surface area contributed by atoms with E-state index in [2.05, 4.69) is 38.6 Å². The molecule has 5 aromatic rings. The van der Waals surface area contributed by atoms with Crippen LogP contribution in [-0.4, -0.2) is 38.8 Å². The van der Waals surface area contributed by atoms with Crippen molar-refractivity contribution in [2.75, 3.05) is 24.4 Å². The predicted octanol–water partition coefficient (Wildman–Crippen LogP) is 6.07. The summed E-state index contributed by atoms with van der Waals surface area (Å²) in [5, 5.41) is 20.2. The highest BCUT2D eigenvalue weighted by Crippen LogP contribution is 2.25. The van der Waals surface area contributed by atoms with E-state index in [0.717, 1.165) is 52.4 Å². The smallest absolute Gasteiger partial charge is 0.255 e. The number of fused-ring (bicyclic) bond motifs is 1. The van der Waals surface area contributed by atoms with Gasteiger partial charge in [-0.1, -0.05) is 24.1 Å². The van der Waals surface area contributed by atoms with Gasteiger partial charge in [-0.2, -0.15) is 10.4 Å². The Morgan fingerprint density at radius 1 is 1.07 bits per heavy atom. The number of ether oxygens (including phenoxy) is 1. The van der Waals surface area contributed by atoms with Gasteiger partial charge in [0.2, 0.25) is 0 Å². The van der Waals surface area contributed by atoms with Crippen molar-refractivity contribution in [1.82, 2.24) is 19.2 Å². The molecule has 0 aliphatic carbocycles. The van der Waals surface area contributed by atoms with Crippen LogP contribution >= 0.6 is 0 Å². The van der Waals surface area contributed by atoms with Gasteiger partial charge in [0.15, 0.2) is 5.65 Å². The summed E-state index contributed by atoms with van der Waals surface area (Å²) in [5.41, 5.74) is 6.18. The summed E-state index contributed by atoms with van der Waals surface area (Å²) in [6, 6.07) is 19.0. The Balaban J connectivity index is 1.34. The predicted molar refractivity (Wildman–Crippen MR) is 167 cm³/mol. The minimum absolute atomic E-state index is 0.248. The molecule has 216 valence electrons. The van der Waals surface area contributed by atoms with E-state index in [-0.39, 0.29) is 5.91 Å². The van der Waals surface area contributed by atoms with E-state index in [9.17, 15) is 10.1 Å². The Labute approximate surface area is 251 Å². The zero-order valence-corrected chi connectivity index (χ0v) is 24.7. The molecule has 0 saturated heterocycles. The summed E-state index contributed by atoms with van der Waals surface area (Å²) in [5.74, 6) is 6.21. The molecule has 0 radical (unpaired) electrons. The highest BCUT2D eigenvalue weighted by atomic mass is 16.5. The number of methoxy groups -OCH3 is 1. The quantitative estimate of drug-likeness (QED) is 0.164. The Morgan fingerprint density at radius 2 is 1.93 bits per heavy atom. The normalized spacial score (nSPS) is 11.0. The molecule has 0 bridgehead atoms. The molecule has 0 aliphatic heterocycles. The van der Waals surface area contributed by atoms with Crippen LogP contribution in [0.4, 0.5) is 17.1 Å². The third kappa shape index (κ3) is 6.75. The van der Waals surface area contributed by atoms with Crippen LogP contribution in [0.25, 0.3) is 5.65 Å². The number of hydrogen-bond acceptors (Lipinski definition) is 6.